The Morgan fingerprint density at radius 1 is 1.40 bits per heavy atom. The number of halogens is 1. The maximum atomic E-state index is 13.3. The first kappa shape index (κ1) is 19.4. The van der Waals surface area contributed by atoms with Crippen LogP contribution in [-0.2, 0) is 16.1 Å². The highest BCUT2D eigenvalue weighted by molar-refractivity contribution is 5.78. The first-order valence-electron chi connectivity index (χ1n) is 8.94. The molecule has 1 saturated heterocycles. The van der Waals surface area contributed by atoms with Crippen molar-refractivity contribution in [2.75, 3.05) is 26.2 Å². The van der Waals surface area contributed by atoms with Gasteiger partial charge in [0, 0.05) is 26.1 Å². The average molecular weight is 350 g/mol. The summed E-state index contributed by atoms with van der Waals surface area (Å²) in [5.41, 5.74) is 0.785. The lowest BCUT2D eigenvalue weighted by Crippen LogP contribution is -2.44. The Hall–Kier alpha value is -1.95. The summed E-state index contributed by atoms with van der Waals surface area (Å²) in [5, 5.41) is 8.82. The molecule has 1 aliphatic heterocycles. The molecule has 1 aliphatic rings. The molecule has 1 amide bonds. The molecule has 1 N–H and O–H groups in total. The van der Waals surface area contributed by atoms with Crippen LogP contribution in [0.1, 0.15) is 38.2 Å². The highest BCUT2D eigenvalue weighted by Gasteiger charge is 2.23. The molecule has 1 aromatic rings. The van der Waals surface area contributed by atoms with E-state index in [0.29, 0.717) is 32.0 Å². The van der Waals surface area contributed by atoms with Crippen molar-refractivity contribution in [1.29, 1.82) is 0 Å². The van der Waals surface area contributed by atoms with Crippen molar-refractivity contribution < 1.29 is 19.1 Å². The van der Waals surface area contributed by atoms with Crippen LogP contribution in [0.4, 0.5) is 4.39 Å². The summed E-state index contributed by atoms with van der Waals surface area (Å²) in [4.78, 5) is 27.2. The number of hydrogen-bond donors (Lipinski definition) is 1. The van der Waals surface area contributed by atoms with E-state index in [4.69, 9.17) is 5.11 Å². The van der Waals surface area contributed by atoms with Crippen LogP contribution in [0.25, 0.3) is 0 Å². The van der Waals surface area contributed by atoms with Gasteiger partial charge in [-0.3, -0.25) is 14.5 Å². The molecule has 0 aromatic heterocycles. The summed E-state index contributed by atoms with van der Waals surface area (Å²) in [6.45, 7) is 4.88. The number of rotatable bonds is 8. The van der Waals surface area contributed by atoms with Gasteiger partial charge in [0.15, 0.2) is 0 Å². The molecule has 2 rings (SSSR count). The van der Waals surface area contributed by atoms with Gasteiger partial charge in [-0.25, -0.2) is 4.39 Å². The van der Waals surface area contributed by atoms with Crippen molar-refractivity contribution in [1.82, 2.24) is 9.80 Å². The average Bonchev–Trinajstić information content (AvgIpc) is 2.58. The first-order chi connectivity index (χ1) is 12.0. The van der Waals surface area contributed by atoms with Crippen LogP contribution in [0.3, 0.4) is 0 Å². The zero-order valence-corrected chi connectivity index (χ0v) is 14.8. The maximum absolute atomic E-state index is 13.3. The van der Waals surface area contributed by atoms with Crippen LogP contribution in [-0.4, -0.2) is 53.0 Å². The molecule has 6 heteroatoms. The standard InChI is InChI=1S/C19H27FN2O3/c1-2-22(13-16-5-3-7-17(20)11-16)18(23)14-21-10-4-6-15(12-21)8-9-19(24)25/h3,5,7,11,15H,2,4,6,8-10,12-14H2,1H3,(H,24,25). The van der Waals surface area contributed by atoms with Crippen LogP contribution < -0.4 is 0 Å². The summed E-state index contributed by atoms with van der Waals surface area (Å²) in [5.74, 6) is -0.680. The van der Waals surface area contributed by atoms with Gasteiger partial charge in [-0.05, 0) is 56.3 Å². The fraction of sp³-hybridized carbons (Fsp3) is 0.579. The maximum Gasteiger partial charge on any atom is 0.303 e. The minimum atomic E-state index is -0.763. The summed E-state index contributed by atoms with van der Waals surface area (Å²) in [7, 11) is 0. The van der Waals surface area contributed by atoms with Gasteiger partial charge in [-0.1, -0.05) is 12.1 Å². The molecule has 138 valence electrons. The normalized spacial score (nSPS) is 18.1. The molecule has 1 fully saturated rings. The number of piperidine rings is 1. The molecule has 0 spiro atoms. The van der Waals surface area contributed by atoms with Gasteiger partial charge in [0.25, 0.3) is 0 Å². The number of carbonyl (C=O) groups excluding carboxylic acids is 1. The number of benzene rings is 1. The van der Waals surface area contributed by atoms with Crippen molar-refractivity contribution in [2.24, 2.45) is 5.92 Å². The van der Waals surface area contributed by atoms with Crippen LogP contribution in [0, 0.1) is 11.7 Å². The summed E-state index contributed by atoms with van der Waals surface area (Å²) >= 11 is 0. The third-order valence-corrected chi connectivity index (χ3v) is 4.73. The van der Waals surface area contributed by atoms with Gasteiger partial charge in [-0.2, -0.15) is 0 Å². The zero-order valence-electron chi connectivity index (χ0n) is 14.8. The number of hydrogen-bond acceptors (Lipinski definition) is 3. The lowest BCUT2D eigenvalue weighted by molar-refractivity contribution is -0.138. The van der Waals surface area contributed by atoms with Crippen LogP contribution >= 0.6 is 0 Å². The third-order valence-electron chi connectivity index (χ3n) is 4.73. The SMILES string of the molecule is CCN(Cc1cccc(F)c1)C(=O)CN1CCCC(CCC(=O)O)C1. The van der Waals surface area contributed by atoms with Crippen molar-refractivity contribution >= 4 is 11.9 Å². The molecule has 0 saturated carbocycles. The van der Waals surface area contributed by atoms with Gasteiger partial charge in [0.05, 0.1) is 6.54 Å². The smallest absolute Gasteiger partial charge is 0.303 e. The van der Waals surface area contributed by atoms with Gasteiger partial charge < -0.3 is 10.0 Å². The van der Waals surface area contributed by atoms with E-state index in [9.17, 15) is 14.0 Å². The van der Waals surface area contributed by atoms with Crippen molar-refractivity contribution in [2.45, 2.75) is 39.2 Å². The van der Waals surface area contributed by atoms with Gasteiger partial charge in [0.1, 0.15) is 5.82 Å². The van der Waals surface area contributed by atoms with Gasteiger partial charge in [-0.15, -0.1) is 0 Å². The topological polar surface area (TPSA) is 60.9 Å². The molecular formula is C19H27FN2O3. The highest BCUT2D eigenvalue weighted by Crippen LogP contribution is 2.21. The van der Waals surface area contributed by atoms with Gasteiger partial charge >= 0.3 is 5.97 Å². The van der Waals surface area contributed by atoms with E-state index in [1.165, 1.54) is 12.1 Å². The van der Waals surface area contributed by atoms with Gasteiger partial charge in [0.2, 0.25) is 5.91 Å². The minimum absolute atomic E-state index is 0.0330. The number of carboxylic acids is 1. The fourth-order valence-corrected chi connectivity index (χ4v) is 3.38. The van der Waals surface area contributed by atoms with E-state index in [-0.39, 0.29) is 18.1 Å². The lowest BCUT2D eigenvalue weighted by Gasteiger charge is -2.33. The molecule has 1 unspecified atom stereocenters. The van der Waals surface area contributed by atoms with E-state index >= 15 is 0 Å². The molecule has 0 radical (unpaired) electrons. The second-order valence-electron chi connectivity index (χ2n) is 6.71. The predicted molar refractivity (Wildman–Crippen MR) is 93.5 cm³/mol. The van der Waals surface area contributed by atoms with E-state index in [1.807, 2.05) is 13.0 Å². The first-order valence-corrected chi connectivity index (χ1v) is 8.94. The quantitative estimate of drug-likeness (QED) is 0.783. The molecule has 1 heterocycles. The Morgan fingerprint density at radius 3 is 2.88 bits per heavy atom. The number of aliphatic carboxylic acids is 1. The molecule has 1 atom stereocenters. The second kappa shape index (κ2) is 9.51. The van der Waals surface area contributed by atoms with Crippen molar-refractivity contribution in [3.05, 3.63) is 35.6 Å². The van der Waals surface area contributed by atoms with E-state index in [1.54, 1.807) is 11.0 Å². The Morgan fingerprint density at radius 2 is 2.20 bits per heavy atom. The number of nitrogens with zero attached hydrogens (tertiary/aromatic N) is 2. The molecule has 25 heavy (non-hydrogen) atoms. The number of carboxylic acid groups (broad SMARTS) is 1. The number of likely N-dealkylation sites (N-methyl/N-ethyl adjacent to an activating group) is 1. The monoisotopic (exact) mass is 350 g/mol. The molecule has 5 nitrogen and oxygen atoms in total. The number of amides is 1. The molecule has 0 aliphatic carbocycles. The Labute approximate surface area is 148 Å². The van der Waals surface area contributed by atoms with E-state index < -0.39 is 5.97 Å². The minimum Gasteiger partial charge on any atom is -0.481 e. The second-order valence-corrected chi connectivity index (χ2v) is 6.71. The van der Waals surface area contributed by atoms with E-state index in [0.717, 1.165) is 31.5 Å². The lowest BCUT2D eigenvalue weighted by atomic mass is 9.93. The number of likely N-dealkylation sites (tertiary alicyclic amines) is 1. The van der Waals surface area contributed by atoms with Crippen LogP contribution in [0.15, 0.2) is 24.3 Å². The summed E-state index contributed by atoms with van der Waals surface area (Å²) in [6, 6.07) is 6.33. The Bertz CT molecular complexity index is 594. The predicted octanol–water partition coefficient (Wildman–Crippen LogP) is 2.75. The summed E-state index contributed by atoms with van der Waals surface area (Å²) < 4.78 is 13.3. The van der Waals surface area contributed by atoms with Crippen LogP contribution in [0.2, 0.25) is 0 Å². The van der Waals surface area contributed by atoms with Crippen molar-refractivity contribution in [3.8, 4) is 0 Å². The molecule has 0 bridgehead atoms. The zero-order chi connectivity index (χ0) is 18.2. The molecular weight excluding hydrogens is 323 g/mol. The molecule has 1 aromatic carbocycles. The Kier molecular flexibility index (Phi) is 7.37. The summed E-state index contributed by atoms with van der Waals surface area (Å²) in [6.07, 6.45) is 2.88. The van der Waals surface area contributed by atoms with Crippen LogP contribution in [0.5, 0.6) is 0 Å². The van der Waals surface area contributed by atoms with Crippen molar-refractivity contribution in [3.63, 3.8) is 0 Å². The Balaban J connectivity index is 1.86. The van der Waals surface area contributed by atoms with E-state index in [2.05, 4.69) is 4.90 Å². The number of carbonyl (C=O) groups is 2. The fourth-order valence-electron chi connectivity index (χ4n) is 3.38. The largest absolute Gasteiger partial charge is 0.481 e. The third kappa shape index (κ3) is 6.46. The highest BCUT2D eigenvalue weighted by atomic mass is 19.1.